The molecule has 1 atom stereocenters. The third-order valence-corrected chi connectivity index (χ3v) is 4.93. The fraction of sp³-hybridized carbons (Fsp3) is 0.444. The summed E-state index contributed by atoms with van der Waals surface area (Å²) < 4.78 is 0. The number of nitrogens with one attached hydrogen (secondary N) is 1. The Labute approximate surface area is 166 Å². The summed E-state index contributed by atoms with van der Waals surface area (Å²) in [7, 11) is 0. The Balaban J connectivity index is 0.00000288. The number of aromatic nitrogens is 1. The number of halogens is 2. The predicted molar refractivity (Wildman–Crippen MR) is 110 cm³/mol. The number of benzene rings is 1. The number of rotatable bonds is 8. The summed E-state index contributed by atoms with van der Waals surface area (Å²) >= 11 is 1.47. The van der Waals surface area contributed by atoms with Crippen LogP contribution in [-0.2, 0) is 6.42 Å². The third-order valence-electron chi connectivity index (χ3n) is 3.77. The largest absolute Gasteiger partial charge is 0.347 e. The zero-order chi connectivity index (χ0) is 16.7. The molecule has 1 aromatic carbocycles. The van der Waals surface area contributed by atoms with Gasteiger partial charge in [0.05, 0.1) is 10.7 Å². The number of carbonyl (C=O) groups excluding carboxylic acids is 1. The molecule has 1 unspecified atom stereocenters. The van der Waals surface area contributed by atoms with Crippen LogP contribution < -0.4 is 11.1 Å². The molecule has 0 aliphatic heterocycles. The van der Waals surface area contributed by atoms with Crippen molar-refractivity contribution in [2.24, 2.45) is 5.73 Å². The lowest BCUT2D eigenvalue weighted by Crippen LogP contribution is -2.40. The van der Waals surface area contributed by atoms with E-state index in [4.69, 9.17) is 5.73 Å². The minimum Gasteiger partial charge on any atom is -0.347 e. The van der Waals surface area contributed by atoms with Crippen LogP contribution in [-0.4, -0.2) is 23.5 Å². The first-order valence-electron chi connectivity index (χ1n) is 8.15. The van der Waals surface area contributed by atoms with Gasteiger partial charge in [0, 0.05) is 19.0 Å². The topological polar surface area (TPSA) is 68.0 Å². The first-order valence-corrected chi connectivity index (χ1v) is 8.96. The molecule has 0 fully saturated rings. The molecule has 25 heavy (non-hydrogen) atoms. The van der Waals surface area contributed by atoms with Gasteiger partial charge in [0.15, 0.2) is 0 Å². The second-order valence-corrected chi connectivity index (χ2v) is 6.82. The summed E-state index contributed by atoms with van der Waals surface area (Å²) in [4.78, 5) is 17.7. The van der Waals surface area contributed by atoms with E-state index in [0.717, 1.165) is 36.4 Å². The molecule has 7 heteroatoms. The summed E-state index contributed by atoms with van der Waals surface area (Å²) in [5, 5.41) is 4.01. The molecule has 1 heterocycles. The van der Waals surface area contributed by atoms with Crippen molar-refractivity contribution in [1.82, 2.24) is 10.3 Å². The number of aryl methyl sites for hydroxylation is 1. The number of hydrogen-bond acceptors (Lipinski definition) is 4. The normalized spacial score (nSPS) is 11.2. The van der Waals surface area contributed by atoms with Crippen molar-refractivity contribution in [1.29, 1.82) is 0 Å². The molecule has 1 aromatic heterocycles. The molecule has 0 saturated heterocycles. The molecule has 140 valence electrons. The van der Waals surface area contributed by atoms with E-state index in [-0.39, 0.29) is 36.8 Å². The summed E-state index contributed by atoms with van der Waals surface area (Å²) in [6, 6.07) is 10.2. The second-order valence-electron chi connectivity index (χ2n) is 5.73. The van der Waals surface area contributed by atoms with Crippen LogP contribution in [0, 0.1) is 6.92 Å². The van der Waals surface area contributed by atoms with Crippen LogP contribution in [0.1, 0.15) is 52.1 Å². The molecular formula is C18H27Cl2N3OS. The summed E-state index contributed by atoms with van der Waals surface area (Å²) in [5.74, 6) is -0.0501. The number of unbranched alkanes of at least 4 members (excludes halogenated alkanes) is 1. The SMILES string of the molecule is CCCCC(CN)NC(=O)c1sc(Cc2ccccc2)nc1C.Cl.Cl. The Morgan fingerprint density at radius 2 is 1.96 bits per heavy atom. The van der Waals surface area contributed by atoms with E-state index < -0.39 is 0 Å². The van der Waals surface area contributed by atoms with Gasteiger partial charge >= 0.3 is 0 Å². The third kappa shape index (κ3) is 7.32. The molecule has 2 rings (SSSR count). The number of hydrogen-bond donors (Lipinski definition) is 2. The van der Waals surface area contributed by atoms with Crippen LogP contribution in [0.4, 0.5) is 0 Å². The maximum atomic E-state index is 12.5. The van der Waals surface area contributed by atoms with Gasteiger partial charge in [-0.3, -0.25) is 4.79 Å². The zero-order valence-corrected chi connectivity index (χ0v) is 17.1. The van der Waals surface area contributed by atoms with E-state index >= 15 is 0 Å². The van der Waals surface area contributed by atoms with Crippen molar-refractivity contribution in [3.8, 4) is 0 Å². The Morgan fingerprint density at radius 1 is 1.28 bits per heavy atom. The molecule has 0 spiro atoms. The first-order chi connectivity index (χ1) is 11.1. The highest BCUT2D eigenvalue weighted by molar-refractivity contribution is 7.13. The van der Waals surface area contributed by atoms with Crippen LogP contribution in [0.3, 0.4) is 0 Å². The van der Waals surface area contributed by atoms with Crippen molar-refractivity contribution in [3.63, 3.8) is 0 Å². The van der Waals surface area contributed by atoms with Crippen molar-refractivity contribution in [2.45, 2.75) is 45.6 Å². The summed E-state index contributed by atoms with van der Waals surface area (Å²) in [6.07, 6.45) is 3.86. The second kappa shape index (κ2) is 12.3. The Kier molecular flexibility index (Phi) is 11.7. The van der Waals surface area contributed by atoms with Crippen LogP contribution in [0.15, 0.2) is 30.3 Å². The van der Waals surface area contributed by atoms with Gasteiger partial charge in [0.2, 0.25) is 0 Å². The highest BCUT2D eigenvalue weighted by Crippen LogP contribution is 2.21. The standard InChI is InChI=1S/C18H25N3OS.2ClH/c1-3-4-10-15(12-19)21-18(22)17-13(2)20-16(23-17)11-14-8-6-5-7-9-14;;/h5-9,15H,3-4,10-12,19H2,1-2H3,(H,21,22);2*1H. The number of nitrogens with two attached hydrogens (primary N) is 1. The number of nitrogens with zero attached hydrogens (tertiary/aromatic N) is 1. The molecule has 1 amide bonds. The molecule has 0 radical (unpaired) electrons. The van der Waals surface area contributed by atoms with Crippen molar-refractivity contribution in [3.05, 3.63) is 51.5 Å². The van der Waals surface area contributed by atoms with Crippen molar-refractivity contribution in [2.75, 3.05) is 6.54 Å². The summed E-state index contributed by atoms with van der Waals surface area (Å²) in [5.41, 5.74) is 7.76. The van der Waals surface area contributed by atoms with Gasteiger partial charge in [-0.2, -0.15) is 0 Å². The van der Waals surface area contributed by atoms with Crippen LogP contribution in [0.2, 0.25) is 0 Å². The molecule has 0 bridgehead atoms. The smallest absolute Gasteiger partial charge is 0.263 e. The minimum atomic E-state index is -0.0501. The number of amides is 1. The van der Waals surface area contributed by atoms with E-state index in [1.807, 2.05) is 25.1 Å². The average molecular weight is 404 g/mol. The molecule has 4 nitrogen and oxygen atoms in total. The maximum Gasteiger partial charge on any atom is 0.263 e. The van der Waals surface area contributed by atoms with E-state index in [2.05, 4.69) is 29.4 Å². The van der Waals surface area contributed by atoms with Gasteiger partial charge in [0.25, 0.3) is 5.91 Å². The molecule has 0 aliphatic carbocycles. The maximum absolute atomic E-state index is 12.5. The quantitative estimate of drug-likeness (QED) is 0.695. The van der Waals surface area contributed by atoms with Crippen molar-refractivity contribution >= 4 is 42.1 Å². The fourth-order valence-electron chi connectivity index (χ4n) is 2.46. The monoisotopic (exact) mass is 403 g/mol. The predicted octanol–water partition coefficient (Wildman–Crippen LogP) is 4.13. The Morgan fingerprint density at radius 3 is 2.56 bits per heavy atom. The summed E-state index contributed by atoms with van der Waals surface area (Å²) in [6.45, 7) is 4.50. The van der Waals surface area contributed by atoms with Gasteiger partial charge in [-0.15, -0.1) is 36.2 Å². The lowest BCUT2D eigenvalue weighted by molar-refractivity contribution is 0.0939. The van der Waals surface area contributed by atoms with Gasteiger partial charge in [-0.25, -0.2) is 4.98 Å². The van der Waals surface area contributed by atoms with E-state index in [1.54, 1.807) is 0 Å². The lowest BCUT2D eigenvalue weighted by atomic mass is 10.1. The van der Waals surface area contributed by atoms with Gasteiger partial charge < -0.3 is 11.1 Å². The van der Waals surface area contributed by atoms with Crippen LogP contribution in [0.5, 0.6) is 0 Å². The van der Waals surface area contributed by atoms with Crippen molar-refractivity contribution < 1.29 is 4.79 Å². The molecule has 2 aromatic rings. The number of carbonyl (C=O) groups is 1. The first kappa shape index (κ1) is 23.9. The zero-order valence-electron chi connectivity index (χ0n) is 14.7. The average Bonchev–Trinajstić information content (AvgIpc) is 2.92. The van der Waals surface area contributed by atoms with Gasteiger partial charge in [0.1, 0.15) is 4.88 Å². The van der Waals surface area contributed by atoms with Crippen LogP contribution in [0.25, 0.3) is 0 Å². The Bertz CT molecular complexity index is 635. The van der Waals surface area contributed by atoms with E-state index in [0.29, 0.717) is 11.4 Å². The minimum absolute atomic E-state index is 0. The number of thiazole rings is 1. The Hall–Kier alpha value is -1.14. The molecular weight excluding hydrogens is 377 g/mol. The van der Waals surface area contributed by atoms with Gasteiger partial charge in [-0.05, 0) is 18.9 Å². The van der Waals surface area contributed by atoms with E-state index in [1.165, 1.54) is 16.9 Å². The molecule has 3 N–H and O–H groups in total. The van der Waals surface area contributed by atoms with Gasteiger partial charge in [-0.1, -0.05) is 50.1 Å². The van der Waals surface area contributed by atoms with E-state index in [9.17, 15) is 4.79 Å². The highest BCUT2D eigenvalue weighted by Gasteiger charge is 2.18. The van der Waals surface area contributed by atoms with Crippen LogP contribution >= 0.6 is 36.2 Å². The fourth-order valence-corrected chi connectivity index (χ4v) is 3.46. The highest BCUT2D eigenvalue weighted by atomic mass is 35.5. The molecule has 0 aliphatic rings. The lowest BCUT2D eigenvalue weighted by Gasteiger charge is -2.15. The molecule has 0 saturated carbocycles.